The van der Waals surface area contributed by atoms with Crippen LogP contribution in [-0.4, -0.2) is 55.7 Å². The van der Waals surface area contributed by atoms with E-state index in [-0.39, 0.29) is 46.7 Å². The molecule has 4 atom stereocenters. The second-order valence-corrected chi connectivity index (χ2v) is 9.64. The quantitative estimate of drug-likeness (QED) is 0.337. The summed E-state index contributed by atoms with van der Waals surface area (Å²) >= 11 is 0. The third kappa shape index (κ3) is 5.21. The lowest BCUT2D eigenvalue weighted by Gasteiger charge is -2.43. The molecule has 3 aromatic rings. The number of nitrogens with zero attached hydrogens (tertiary/aromatic N) is 3. The summed E-state index contributed by atoms with van der Waals surface area (Å²) in [5, 5.41) is 21.1. The molecule has 0 bridgehead atoms. The number of esters is 1. The highest BCUT2D eigenvalue weighted by atomic mass is 19.1. The van der Waals surface area contributed by atoms with Crippen LogP contribution < -0.4 is 5.73 Å². The highest BCUT2D eigenvalue weighted by Gasteiger charge is 2.43. The normalized spacial score (nSPS) is 23.5. The summed E-state index contributed by atoms with van der Waals surface area (Å²) in [5.41, 5.74) is 6.16. The standard InChI is InChI=1S/C27H29FN4O5/c1-14-10-15(12-23(34)27(14,2)36)17-8-9-30-13-16(17)11-22(33)25-19(29)5-7-20(31-25)24-18(28)4-6-21(32-24)26(35)37-3/h4-9,13-15,23,34,36H,10-12,29H2,1-3H3/t14-,15+,23+,27+/m0/s1. The van der Waals surface area contributed by atoms with Crippen molar-refractivity contribution in [1.29, 1.82) is 0 Å². The predicted octanol–water partition coefficient (Wildman–Crippen LogP) is 3.10. The number of rotatable bonds is 6. The number of nitrogens with two attached hydrogens (primary N) is 1. The van der Waals surface area contributed by atoms with E-state index in [1.54, 1.807) is 19.3 Å². The second-order valence-electron chi connectivity index (χ2n) is 9.64. The fourth-order valence-corrected chi connectivity index (χ4v) is 4.76. The van der Waals surface area contributed by atoms with E-state index in [2.05, 4.69) is 19.7 Å². The molecule has 1 aliphatic rings. The first-order valence-corrected chi connectivity index (χ1v) is 11.9. The smallest absolute Gasteiger partial charge is 0.356 e. The van der Waals surface area contributed by atoms with Gasteiger partial charge in [-0.2, -0.15) is 0 Å². The molecule has 4 N–H and O–H groups in total. The van der Waals surface area contributed by atoms with Gasteiger partial charge in [0.1, 0.15) is 17.1 Å². The summed E-state index contributed by atoms with van der Waals surface area (Å²) in [6, 6.07) is 6.95. The zero-order valence-electron chi connectivity index (χ0n) is 20.8. The molecular weight excluding hydrogens is 479 g/mol. The zero-order valence-corrected chi connectivity index (χ0v) is 20.8. The van der Waals surface area contributed by atoms with Crippen molar-refractivity contribution in [3.05, 3.63) is 71.1 Å². The Bertz CT molecular complexity index is 1330. The van der Waals surface area contributed by atoms with Crippen molar-refractivity contribution in [2.45, 2.75) is 50.7 Å². The van der Waals surface area contributed by atoms with Gasteiger partial charge in [-0.25, -0.2) is 19.2 Å². The number of ether oxygens (including phenoxy) is 1. The van der Waals surface area contributed by atoms with Gasteiger partial charge >= 0.3 is 5.97 Å². The first-order chi connectivity index (χ1) is 17.5. The fourth-order valence-electron chi connectivity index (χ4n) is 4.76. The number of carbonyl (C=O) groups is 2. The van der Waals surface area contributed by atoms with Gasteiger partial charge in [0, 0.05) is 18.8 Å². The molecule has 0 unspecified atom stereocenters. The van der Waals surface area contributed by atoms with Crippen LogP contribution in [-0.2, 0) is 11.2 Å². The number of anilines is 1. The Labute approximate surface area is 213 Å². The molecule has 10 heteroatoms. The van der Waals surface area contributed by atoms with Crippen molar-refractivity contribution in [3.63, 3.8) is 0 Å². The Hall–Kier alpha value is -3.76. The van der Waals surface area contributed by atoms with Crippen molar-refractivity contribution in [2.75, 3.05) is 12.8 Å². The van der Waals surface area contributed by atoms with E-state index in [9.17, 15) is 24.2 Å². The van der Waals surface area contributed by atoms with Gasteiger partial charge in [-0.15, -0.1) is 0 Å². The lowest BCUT2D eigenvalue weighted by atomic mass is 9.68. The van der Waals surface area contributed by atoms with Crippen LogP contribution in [0.25, 0.3) is 11.4 Å². The van der Waals surface area contributed by atoms with Gasteiger partial charge in [-0.3, -0.25) is 9.78 Å². The molecule has 1 fully saturated rings. The van der Waals surface area contributed by atoms with Crippen LogP contribution in [0.1, 0.15) is 64.7 Å². The van der Waals surface area contributed by atoms with E-state index in [1.165, 1.54) is 25.3 Å². The Morgan fingerprint density at radius 3 is 2.65 bits per heavy atom. The minimum absolute atomic E-state index is 0.0404. The third-order valence-electron chi connectivity index (χ3n) is 7.22. The molecule has 4 rings (SSSR count). The number of aliphatic hydroxyl groups is 2. The number of methoxy groups -OCH3 is 1. The number of Topliss-reactive ketones (excluding diaryl/α,β-unsaturated/α-hetero) is 1. The molecule has 194 valence electrons. The number of hydrogen-bond acceptors (Lipinski definition) is 9. The second kappa shape index (κ2) is 10.3. The van der Waals surface area contributed by atoms with E-state index in [1.807, 2.05) is 13.0 Å². The van der Waals surface area contributed by atoms with Gasteiger partial charge in [0.15, 0.2) is 11.6 Å². The first-order valence-electron chi connectivity index (χ1n) is 11.9. The van der Waals surface area contributed by atoms with Crippen LogP contribution in [0.2, 0.25) is 0 Å². The maximum atomic E-state index is 14.6. The Morgan fingerprint density at radius 1 is 1.19 bits per heavy atom. The molecule has 0 saturated heterocycles. The predicted molar refractivity (Wildman–Crippen MR) is 133 cm³/mol. The number of nitrogen functional groups attached to an aromatic ring is 1. The van der Waals surface area contributed by atoms with E-state index < -0.39 is 29.3 Å². The molecule has 0 radical (unpaired) electrons. The summed E-state index contributed by atoms with van der Waals surface area (Å²) in [6.45, 7) is 3.52. The number of aromatic nitrogens is 3. The molecular formula is C27H29FN4O5. The maximum Gasteiger partial charge on any atom is 0.356 e. The van der Waals surface area contributed by atoms with E-state index in [4.69, 9.17) is 5.73 Å². The van der Waals surface area contributed by atoms with Gasteiger partial charge in [0.2, 0.25) is 0 Å². The van der Waals surface area contributed by atoms with E-state index in [0.717, 1.165) is 11.6 Å². The number of halogens is 1. The van der Waals surface area contributed by atoms with Crippen molar-refractivity contribution in [1.82, 2.24) is 15.0 Å². The molecule has 37 heavy (non-hydrogen) atoms. The maximum absolute atomic E-state index is 14.6. The summed E-state index contributed by atoms with van der Waals surface area (Å²) in [7, 11) is 1.19. The number of ketones is 1. The minimum atomic E-state index is -1.19. The van der Waals surface area contributed by atoms with Gasteiger partial charge in [-0.05, 0) is 73.1 Å². The summed E-state index contributed by atoms with van der Waals surface area (Å²) in [6.07, 6.45) is 3.22. The third-order valence-corrected chi connectivity index (χ3v) is 7.22. The van der Waals surface area contributed by atoms with E-state index in [0.29, 0.717) is 18.4 Å². The Kier molecular flexibility index (Phi) is 7.33. The number of aliphatic hydroxyl groups excluding tert-OH is 1. The lowest BCUT2D eigenvalue weighted by Crippen LogP contribution is -2.49. The topological polar surface area (TPSA) is 149 Å². The summed E-state index contributed by atoms with van der Waals surface area (Å²) in [4.78, 5) is 37.7. The lowest BCUT2D eigenvalue weighted by molar-refractivity contribution is -0.123. The molecule has 0 amide bonds. The Morgan fingerprint density at radius 2 is 1.95 bits per heavy atom. The molecule has 0 aromatic carbocycles. The number of hydrogen-bond donors (Lipinski definition) is 3. The van der Waals surface area contributed by atoms with Crippen LogP contribution >= 0.6 is 0 Å². The van der Waals surface area contributed by atoms with Crippen molar-refractivity contribution in [3.8, 4) is 11.4 Å². The van der Waals surface area contributed by atoms with Gasteiger partial charge in [0.05, 0.1) is 30.2 Å². The van der Waals surface area contributed by atoms with Crippen LogP contribution in [0.3, 0.4) is 0 Å². The number of carbonyl (C=O) groups excluding carboxylic acids is 2. The monoisotopic (exact) mass is 508 g/mol. The van der Waals surface area contributed by atoms with Crippen molar-refractivity contribution >= 4 is 17.4 Å². The first kappa shape index (κ1) is 26.3. The van der Waals surface area contributed by atoms with Crippen LogP contribution in [0.15, 0.2) is 42.7 Å². The Balaban J connectivity index is 1.64. The average Bonchev–Trinajstić information content (AvgIpc) is 2.87. The van der Waals surface area contributed by atoms with E-state index >= 15 is 0 Å². The van der Waals surface area contributed by atoms with Crippen LogP contribution in [0, 0.1) is 11.7 Å². The number of pyridine rings is 3. The van der Waals surface area contributed by atoms with Crippen molar-refractivity contribution in [2.24, 2.45) is 5.92 Å². The molecule has 3 aromatic heterocycles. The highest BCUT2D eigenvalue weighted by molar-refractivity contribution is 6.00. The molecule has 1 saturated carbocycles. The summed E-state index contributed by atoms with van der Waals surface area (Å²) in [5.74, 6) is -2.10. The molecule has 0 aliphatic heterocycles. The van der Waals surface area contributed by atoms with Gasteiger partial charge < -0.3 is 20.7 Å². The average molecular weight is 509 g/mol. The molecule has 0 spiro atoms. The molecule has 9 nitrogen and oxygen atoms in total. The van der Waals surface area contributed by atoms with Crippen LogP contribution in [0.4, 0.5) is 10.1 Å². The van der Waals surface area contributed by atoms with Crippen LogP contribution in [0.5, 0.6) is 0 Å². The largest absolute Gasteiger partial charge is 0.464 e. The molecule has 1 aliphatic carbocycles. The molecule has 3 heterocycles. The minimum Gasteiger partial charge on any atom is -0.464 e. The zero-order chi connectivity index (χ0) is 26.9. The van der Waals surface area contributed by atoms with Crippen molar-refractivity contribution < 1.29 is 28.9 Å². The van der Waals surface area contributed by atoms with Gasteiger partial charge in [0.25, 0.3) is 0 Å². The highest BCUT2D eigenvalue weighted by Crippen LogP contribution is 2.42. The SMILES string of the molecule is COC(=O)c1ccc(F)c(-c2ccc(N)c(C(=O)Cc3cnccc3[C@H]3C[C@@H](O)[C@](C)(O)[C@@H](C)C3)n2)n1. The summed E-state index contributed by atoms with van der Waals surface area (Å²) < 4.78 is 19.2. The van der Waals surface area contributed by atoms with Gasteiger partial charge in [-0.1, -0.05) is 6.92 Å². The fraction of sp³-hybridized carbons (Fsp3) is 0.370.